The van der Waals surface area contributed by atoms with Crippen LogP contribution in [0.15, 0.2) is 12.1 Å². The van der Waals surface area contributed by atoms with Crippen LogP contribution in [0.2, 0.25) is 0 Å². The van der Waals surface area contributed by atoms with Crippen molar-refractivity contribution < 1.29 is 19.4 Å². The normalized spacial score (nSPS) is 16.6. The van der Waals surface area contributed by atoms with Crippen molar-refractivity contribution in [3.63, 3.8) is 0 Å². The van der Waals surface area contributed by atoms with Gasteiger partial charge in [0.15, 0.2) is 0 Å². The lowest BCUT2D eigenvalue weighted by Crippen LogP contribution is -2.49. The van der Waals surface area contributed by atoms with Gasteiger partial charge < -0.3 is 14.7 Å². The Morgan fingerprint density at radius 3 is 2.36 bits per heavy atom. The van der Waals surface area contributed by atoms with Crippen LogP contribution in [0.4, 0.5) is 4.79 Å². The van der Waals surface area contributed by atoms with Gasteiger partial charge in [-0.15, -0.1) is 11.3 Å². The highest BCUT2D eigenvalue weighted by Crippen LogP contribution is 2.19. The first-order valence-electron chi connectivity index (χ1n) is 7.27. The first-order valence-corrected chi connectivity index (χ1v) is 8.08. The smallest absolute Gasteiger partial charge is 0.410 e. The maximum Gasteiger partial charge on any atom is 0.410 e. The molecule has 122 valence electrons. The Labute approximate surface area is 134 Å². The lowest BCUT2D eigenvalue weighted by Gasteiger charge is -2.35. The lowest BCUT2D eigenvalue weighted by molar-refractivity contribution is 0.0139. The van der Waals surface area contributed by atoms with E-state index in [4.69, 9.17) is 9.84 Å². The molecule has 0 radical (unpaired) electrons. The third-order valence-corrected chi connectivity index (χ3v) is 4.33. The zero-order valence-electron chi connectivity index (χ0n) is 13.2. The Kier molecular flexibility index (Phi) is 5.08. The Hall–Kier alpha value is -1.60. The van der Waals surface area contributed by atoms with Crippen molar-refractivity contribution in [1.82, 2.24) is 9.80 Å². The van der Waals surface area contributed by atoms with Gasteiger partial charge in [0.1, 0.15) is 10.5 Å². The van der Waals surface area contributed by atoms with Gasteiger partial charge in [0.05, 0.1) is 0 Å². The summed E-state index contributed by atoms with van der Waals surface area (Å²) in [6, 6.07) is 3.49. The van der Waals surface area contributed by atoms with Gasteiger partial charge in [-0.3, -0.25) is 4.90 Å². The third-order valence-electron chi connectivity index (χ3n) is 3.28. The first-order chi connectivity index (χ1) is 10.2. The van der Waals surface area contributed by atoms with E-state index in [-0.39, 0.29) is 6.09 Å². The van der Waals surface area contributed by atoms with E-state index in [9.17, 15) is 9.59 Å². The van der Waals surface area contributed by atoms with Crippen LogP contribution in [-0.2, 0) is 11.3 Å². The van der Waals surface area contributed by atoms with E-state index in [1.54, 1.807) is 11.0 Å². The second-order valence-corrected chi connectivity index (χ2v) is 7.48. The van der Waals surface area contributed by atoms with Crippen molar-refractivity contribution in [2.24, 2.45) is 0 Å². The monoisotopic (exact) mass is 326 g/mol. The molecule has 1 aromatic rings. The number of hydrogen-bond acceptors (Lipinski definition) is 5. The molecule has 2 rings (SSSR count). The predicted octanol–water partition coefficient (Wildman–Crippen LogP) is 2.50. The minimum atomic E-state index is -0.883. The molecule has 0 atom stereocenters. The number of piperazine rings is 1. The number of rotatable bonds is 3. The molecule has 0 bridgehead atoms. The highest BCUT2D eigenvalue weighted by molar-refractivity contribution is 7.13. The predicted molar refractivity (Wildman–Crippen MR) is 84.4 cm³/mol. The molecular formula is C15H22N2O4S. The summed E-state index contributed by atoms with van der Waals surface area (Å²) in [5.41, 5.74) is -0.474. The number of carbonyl (C=O) groups excluding carboxylic acids is 1. The summed E-state index contributed by atoms with van der Waals surface area (Å²) in [6.07, 6.45) is -0.267. The molecular weight excluding hydrogens is 304 g/mol. The molecule has 1 aliphatic heterocycles. The first kappa shape index (κ1) is 16.8. The van der Waals surface area contributed by atoms with Crippen molar-refractivity contribution in [2.45, 2.75) is 32.9 Å². The van der Waals surface area contributed by atoms with Crippen LogP contribution >= 0.6 is 11.3 Å². The molecule has 1 aromatic heterocycles. The molecule has 1 amide bonds. The van der Waals surface area contributed by atoms with Crippen LogP contribution in [0.3, 0.4) is 0 Å². The molecule has 1 N–H and O–H groups in total. The Morgan fingerprint density at radius 2 is 1.86 bits per heavy atom. The minimum absolute atomic E-state index is 0.267. The number of amides is 1. The maximum atomic E-state index is 12.0. The summed E-state index contributed by atoms with van der Waals surface area (Å²) in [4.78, 5) is 28.2. The molecule has 7 heteroatoms. The molecule has 1 saturated heterocycles. The number of ether oxygens (including phenoxy) is 1. The van der Waals surface area contributed by atoms with E-state index in [2.05, 4.69) is 4.90 Å². The summed E-state index contributed by atoms with van der Waals surface area (Å²) in [5.74, 6) is -0.883. The number of nitrogens with zero attached hydrogens (tertiary/aromatic N) is 2. The topological polar surface area (TPSA) is 70.1 Å². The largest absolute Gasteiger partial charge is 0.477 e. The molecule has 6 nitrogen and oxygen atoms in total. The van der Waals surface area contributed by atoms with E-state index in [1.807, 2.05) is 26.8 Å². The highest BCUT2D eigenvalue weighted by Gasteiger charge is 2.26. The summed E-state index contributed by atoms with van der Waals surface area (Å²) in [7, 11) is 0. The third kappa shape index (κ3) is 4.71. The van der Waals surface area contributed by atoms with Crippen molar-refractivity contribution in [1.29, 1.82) is 0 Å². The molecule has 1 fully saturated rings. The van der Waals surface area contributed by atoms with E-state index in [0.29, 0.717) is 18.0 Å². The molecule has 1 aliphatic rings. The number of carboxylic acid groups (broad SMARTS) is 1. The van der Waals surface area contributed by atoms with Crippen molar-refractivity contribution >= 4 is 23.4 Å². The van der Waals surface area contributed by atoms with Gasteiger partial charge in [-0.2, -0.15) is 0 Å². The van der Waals surface area contributed by atoms with Gasteiger partial charge in [-0.1, -0.05) is 0 Å². The van der Waals surface area contributed by atoms with Crippen molar-refractivity contribution in [2.75, 3.05) is 26.2 Å². The van der Waals surface area contributed by atoms with Gasteiger partial charge in [0.2, 0.25) is 0 Å². The molecule has 0 spiro atoms. The van der Waals surface area contributed by atoms with E-state index < -0.39 is 11.6 Å². The second-order valence-electron chi connectivity index (χ2n) is 6.31. The molecule has 22 heavy (non-hydrogen) atoms. The number of thiophene rings is 1. The van der Waals surface area contributed by atoms with Crippen molar-refractivity contribution in [3.8, 4) is 0 Å². The summed E-state index contributed by atoms with van der Waals surface area (Å²) < 4.78 is 5.37. The SMILES string of the molecule is CC(C)(C)OC(=O)N1CCN(Cc2ccc(C(=O)O)s2)CC1. The Morgan fingerprint density at radius 1 is 1.23 bits per heavy atom. The standard InChI is InChI=1S/C15H22N2O4S/c1-15(2,3)21-14(20)17-8-6-16(7-9-17)10-11-4-5-12(22-11)13(18)19/h4-5H,6-10H2,1-3H3,(H,18,19). The van der Waals surface area contributed by atoms with Gasteiger partial charge in [-0.05, 0) is 32.9 Å². The van der Waals surface area contributed by atoms with E-state index >= 15 is 0 Å². The quantitative estimate of drug-likeness (QED) is 0.924. The zero-order chi connectivity index (χ0) is 16.3. The second kappa shape index (κ2) is 6.66. The number of carboxylic acids is 1. The fraction of sp³-hybridized carbons (Fsp3) is 0.600. The average molecular weight is 326 g/mol. The van der Waals surface area contributed by atoms with Gasteiger partial charge in [0.25, 0.3) is 0 Å². The number of hydrogen-bond donors (Lipinski definition) is 1. The molecule has 0 unspecified atom stereocenters. The fourth-order valence-corrected chi connectivity index (χ4v) is 3.10. The zero-order valence-corrected chi connectivity index (χ0v) is 14.0. The summed E-state index contributed by atoms with van der Waals surface area (Å²) in [6.45, 7) is 9.09. The fourth-order valence-electron chi connectivity index (χ4n) is 2.21. The molecule has 0 saturated carbocycles. The van der Waals surface area contributed by atoms with Crippen LogP contribution < -0.4 is 0 Å². The van der Waals surface area contributed by atoms with Crippen LogP contribution in [0, 0.1) is 0 Å². The Bertz CT molecular complexity index is 542. The van der Waals surface area contributed by atoms with Crippen LogP contribution in [0.25, 0.3) is 0 Å². The highest BCUT2D eigenvalue weighted by atomic mass is 32.1. The molecule has 0 aromatic carbocycles. The molecule has 0 aliphatic carbocycles. The molecule has 2 heterocycles. The van der Waals surface area contributed by atoms with Crippen LogP contribution in [0.1, 0.15) is 35.3 Å². The van der Waals surface area contributed by atoms with Crippen LogP contribution in [-0.4, -0.2) is 58.7 Å². The number of carbonyl (C=O) groups is 2. The Balaban J connectivity index is 1.81. The summed E-state index contributed by atoms with van der Waals surface area (Å²) >= 11 is 1.30. The van der Waals surface area contributed by atoms with E-state index in [1.165, 1.54) is 11.3 Å². The van der Waals surface area contributed by atoms with Gasteiger partial charge in [-0.25, -0.2) is 9.59 Å². The maximum absolute atomic E-state index is 12.0. The minimum Gasteiger partial charge on any atom is -0.477 e. The van der Waals surface area contributed by atoms with Crippen LogP contribution in [0.5, 0.6) is 0 Å². The van der Waals surface area contributed by atoms with Crippen molar-refractivity contribution in [3.05, 3.63) is 21.9 Å². The van der Waals surface area contributed by atoms with Gasteiger partial charge >= 0.3 is 12.1 Å². The van der Waals surface area contributed by atoms with E-state index in [0.717, 1.165) is 24.5 Å². The number of aromatic carboxylic acids is 1. The lowest BCUT2D eigenvalue weighted by atomic mass is 10.2. The summed E-state index contributed by atoms with van der Waals surface area (Å²) in [5, 5.41) is 8.93. The average Bonchev–Trinajstić information content (AvgIpc) is 2.86. The van der Waals surface area contributed by atoms with Gasteiger partial charge in [0, 0.05) is 37.6 Å².